The van der Waals surface area contributed by atoms with Crippen molar-refractivity contribution >= 4 is 21.8 Å². The van der Waals surface area contributed by atoms with Gasteiger partial charge in [0.15, 0.2) is 0 Å². The Bertz CT molecular complexity index is 889. The van der Waals surface area contributed by atoms with E-state index in [2.05, 4.69) is 0 Å². The Hall–Kier alpha value is -2.87. The summed E-state index contributed by atoms with van der Waals surface area (Å²) in [6.07, 6.45) is 0. The Morgan fingerprint density at radius 3 is 2.25 bits per heavy atom. The van der Waals surface area contributed by atoms with E-state index < -0.39 is 21.8 Å². The van der Waals surface area contributed by atoms with Crippen molar-refractivity contribution in [2.75, 3.05) is 7.11 Å². The van der Waals surface area contributed by atoms with Gasteiger partial charge in [0.1, 0.15) is 5.75 Å². The smallest absolute Gasteiger partial charge is 0.265 e. The standard InChI is InChI=1S/C16H16N2O5S/c1-10-3-8-13(9-14(10)15(17)19)24(21,22)18-16(20)11-4-6-12(23-2)7-5-11/h3-9H,1-2H3,(H2,17,19)(H,18,20). The zero-order chi connectivity index (χ0) is 17.9. The molecule has 0 fully saturated rings. The fraction of sp³-hybridized carbons (Fsp3) is 0.125. The first kappa shape index (κ1) is 17.5. The van der Waals surface area contributed by atoms with Gasteiger partial charge in [0.05, 0.1) is 12.0 Å². The second-order valence-electron chi connectivity index (χ2n) is 5.00. The molecule has 0 radical (unpaired) electrons. The van der Waals surface area contributed by atoms with Gasteiger partial charge in [0.2, 0.25) is 5.91 Å². The zero-order valence-corrected chi connectivity index (χ0v) is 13.9. The van der Waals surface area contributed by atoms with Gasteiger partial charge in [-0.2, -0.15) is 0 Å². The van der Waals surface area contributed by atoms with Crippen molar-refractivity contribution in [2.24, 2.45) is 5.73 Å². The van der Waals surface area contributed by atoms with Crippen LogP contribution in [0.4, 0.5) is 0 Å². The summed E-state index contributed by atoms with van der Waals surface area (Å²) in [4.78, 5) is 23.2. The molecular weight excluding hydrogens is 332 g/mol. The van der Waals surface area contributed by atoms with Crippen molar-refractivity contribution in [1.29, 1.82) is 0 Å². The Balaban J connectivity index is 2.29. The number of hydrogen-bond donors (Lipinski definition) is 2. The molecule has 0 aliphatic rings. The minimum atomic E-state index is -4.13. The van der Waals surface area contributed by atoms with Crippen LogP contribution in [-0.2, 0) is 10.0 Å². The molecule has 7 nitrogen and oxygen atoms in total. The van der Waals surface area contributed by atoms with Gasteiger partial charge >= 0.3 is 0 Å². The highest BCUT2D eigenvalue weighted by molar-refractivity contribution is 7.90. The number of methoxy groups -OCH3 is 1. The van der Waals surface area contributed by atoms with Crippen molar-refractivity contribution in [2.45, 2.75) is 11.8 Å². The Morgan fingerprint density at radius 2 is 1.71 bits per heavy atom. The first-order valence-electron chi connectivity index (χ1n) is 6.86. The number of ether oxygens (including phenoxy) is 1. The van der Waals surface area contributed by atoms with Gasteiger partial charge in [-0.05, 0) is 48.9 Å². The van der Waals surface area contributed by atoms with Crippen LogP contribution in [0.25, 0.3) is 0 Å². The molecule has 0 aromatic heterocycles. The summed E-state index contributed by atoms with van der Waals surface area (Å²) in [7, 11) is -2.66. The summed E-state index contributed by atoms with van der Waals surface area (Å²) < 4.78 is 31.6. The minimum absolute atomic E-state index is 0.0785. The Kier molecular flexibility index (Phi) is 4.89. The normalized spacial score (nSPS) is 10.9. The van der Waals surface area contributed by atoms with Crippen LogP contribution in [0.1, 0.15) is 26.3 Å². The number of benzene rings is 2. The van der Waals surface area contributed by atoms with Crippen LogP contribution < -0.4 is 15.2 Å². The number of hydrogen-bond acceptors (Lipinski definition) is 5. The second kappa shape index (κ2) is 6.71. The van der Waals surface area contributed by atoms with E-state index in [0.29, 0.717) is 11.3 Å². The fourth-order valence-corrected chi connectivity index (χ4v) is 3.02. The molecule has 0 spiro atoms. The maximum absolute atomic E-state index is 12.3. The molecule has 2 aromatic carbocycles. The summed E-state index contributed by atoms with van der Waals surface area (Å²) in [5, 5.41) is 0. The van der Waals surface area contributed by atoms with E-state index in [1.54, 1.807) is 19.1 Å². The van der Waals surface area contributed by atoms with Crippen molar-refractivity contribution in [3.8, 4) is 5.75 Å². The molecule has 24 heavy (non-hydrogen) atoms. The van der Waals surface area contributed by atoms with Gasteiger partial charge in [-0.1, -0.05) is 6.07 Å². The van der Waals surface area contributed by atoms with E-state index in [1.165, 1.54) is 31.4 Å². The highest BCUT2D eigenvalue weighted by atomic mass is 32.2. The van der Waals surface area contributed by atoms with Gasteiger partial charge in [0, 0.05) is 11.1 Å². The van der Waals surface area contributed by atoms with E-state index in [-0.39, 0.29) is 16.0 Å². The molecule has 0 heterocycles. The summed E-state index contributed by atoms with van der Waals surface area (Å²) in [5.41, 5.74) is 5.99. The van der Waals surface area contributed by atoms with Crippen molar-refractivity contribution in [3.05, 3.63) is 59.2 Å². The molecule has 2 rings (SSSR count). The molecule has 8 heteroatoms. The lowest BCUT2D eigenvalue weighted by atomic mass is 10.1. The largest absolute Gasteiger partial charge is 0.497 e. The van der Waals surface area contributed by atoms with E-state index >= 15 is 0 Å². The van der Waals surface area contributed by atoms with E-state index in [1.807, 2.05) is 4.72 Å². The number of aryl methyl sites for hydroxylation is 1. The van der Waals surface area contributed by atoms with Crippen LogP contribution in [0.3, 0.4) is 0 Å². The predicted octanol–water partition coefficient (Wildman–Crippen LogP) is 1.22. The Labute approximate surface area is 139 Å². The number of carbonyl (C=O) groups excluding carboxylic acids is 2. The molecule has 0 bridgehead atoms. The lowest BCUT2D eigenvalue weighted by Gasteiger charge is -2.09. The summed E-state index contributed by atoms with van der Waals surface area (Å²) in [6.45, 7) is 1.63. The number of amides is 2. The van der Waals surface area contributed by atoms with Gasteiger partial charge in [-0.15, -0.1) is 0 Å². The second-order valence-corrected chi connectivity index (χ2v) is 6.69. The van der Waals surface area contributed by atoms with E-state index in [0.717, 1.165) is 6.07 Å². The number of rotatable bonds is 5. The van der Waals surface area contributed by atoms with Gasteiger partial charge in [0.25, 0.3) is 15.9 Å². The molecule has 0 saturated heterocycles. The summed E-state index contributed by atoms with van der Waals surface area (Å²) >= 11 is 0. The highest BCUT2D eigenvalue weighted by Crippen LogP contribution is 2.16. The molecule has 2 aromatic rings. The first-order valence-corrected chi connectivity index (χ1v) is 8.34. The molecule has 0 atom stereocenters. The third kappa shape index (κ3) is 3.72. The van der Waals surface area contributed by atoms with Crippen LogP contribution in [0.15, 0.2) is 47.4 Å². The minimum Gasteiger partial charge on any atom is -0.497 e. The molecular formula is C16H16N2O5S. The summed E-state index contributed by atoms with van der Waals surface area (Å²) in [5.74, 6) is -0.996. The molecule has 0 saturated carbocycles. The van der Waals surface area contributed by atoms with Crippen LogP contribution in [-0.4, -0.2) is 27.3 Å². The summed E-state index contributed by atoms with van der Waals surface area (Å²) in [6, 6.07) is 9.85. The number of carbonyl (C=O) groups is 2. The first-order chi connectivity index (χ1) is 11.2. The van der Waals surface area contributed by atoms with Gasteiger partial charge in [-0.25, -0.2) is 13.1 Å². The molecule has 0 aliphatic heterocycles. The predicted molar refractivity (Wildman–Crippen MR) is 87.3 cm³/mol. The number of nitrogens with one attached hydrogen (secondary N) is 1. The van der Waals surface area contributed by atoms with Crippen LogP contribution >= 0.6 is 0 Å². The SMILES string of the molecule is COc1ccc(C(=O)NS(=O)(=O)c2ccc(C)c(C(N)=O)c2)cc1. The van der Waals surface area contributed by atoms with E-state index in [4.69, 9.17) is 10.5 Å². The average Bonchev–Trinajstić information content (AvgIpc) is 2.54. The number of primary amides is 1. The average molecular weight is 348 g/mol. The molecule has 0 unspecified atom stereocenters. The van der Waals surface area contributed by atoms with Crippen molar-refractivity contribution in [1.82, 2.24) is 4.72 Å². The van der Waals surface area contributed by atoms with Gasteiger partial charge in [-0.3, -0.25) is 9.59 Å². The fourth-order valence-electron chi connectivity index (χ4n) is 2.02. The quantitative estimate of drug-likeness (QED) is 0.843. The highest BCUT2D eigenvalue weighted by Gasteiger charge is 2.20. The molecule has 126 valence electrons. The molecule has 3 N–H and O–H groups in total. The van der Waals surface area contributed by atoms with Crippen LogP contribution in [0, 0.1) is 6.92 Å². The van der Waals surface area contributed by atoms with E-state index in [9.17, 15) is 18.0 Å². The number of nitrogens with two attached hydrogens (primary N) is 1. The lowest BCUT2D eigenvalue weighted by molar-refractivity contribution is 0.0978. The zero-order valence-electron chi connectivity index (χ0n) is 13.1. The van der Waals surface area contributed by atoms with Crippen molar-refractivity contribution < 1.29 is 22.7 Å². The maximum Gasteiger partial charge on any atom is 0.265 e. The third-order valence-corrected chi connectivity index (χ3v) is 4.69. The lowest BCUT2D eigenvalue weighted by Crippen LogP contribution is -2.30. The van der Waals surface area contributed by atoms with Crippen LogP contribution in [0.5, 0.6) is 5.75 Å². The third-order valence-electron chi connectivity index (χ3n) is 3.36. The van der Waals surface area contributed by atoms with Gasteiger partial charge < -0.3 is 10.5 Å². The monoisotopic (exact) mass is 348 g/mol. The van der Waals surface area contributed by atoms with Crippen LogP contribution in [0.2, 0.25) is 0 Å². The van der Waals surface area contributed by atoms with Crippen molar-refractivity contribution in [3.63, 3.8) is 0 Å². The molecule has 2 amide bonds. The molecule has 0 aliphatic carbocycles. The maximum atomic E-state index is 12.3. The number of sulfonamides is 1. The topological polar surface area (TPSA) is 116 Å². The Morgan fingerprint density at radius 1 is 1.08 bits per heavy atom.